The maximum Gasteiger partial charge on any atom is 0.159 e. The lowest BCUT2D eigenvalue weighted by Crippen LogP contribution is -2.41. The number of hydrogen-bond acceptors (Lipinski definition) is 2. The van der Waals surface area contributed by atoms with E-state index in [0.717, 1.165) is 31.6 Å². The van der Waals surface area contributed by atoms with Crippen molar-refractivity contribution in [1.82, 2.24) is 5.32 Å². The fourth-order valence-electron chi connectivity index (χ4n) is 3.10. The van der Waals surface area contributed by atoms with Crippen LogP contribution in [0.4, 0.5) is 8.78 Å². The topological polar surface area (TPSA) is 21.3 Å². The van der Waals surface area contributed by atoms with Gasteiger partial charge in [0.25, 0.3) is 0 Å². The maximum absolute atomic E-state index is 13.3. The number of hydrogen-bond donors (Lipinski definition) is 1. The number of nitrogens with one attached hydrogen (secondary N) is 1. The average Bonchev–Trinajstić information content (AvgIpc) is 2.90. The molecule has 0 bridgehead atoms. The third kappa shape index (κ3) is 3.55. The second kappa shape index (κ2) is 7.14. The minimum Gasteiger partial charge on any atom is -0.378 e. The van der Waals surface area contributed by atoms with Crippen LogP contribution in [0.15, 0.2) is 18.2 Å². The molecule has 1 aromatic carbocycles. The molecule has 1 N–H and O–H groups in total. The third-order valence-electron chi connectivity index (χ3n) is 4.09. The summed E-state index contributed by atoms with van der Waals surface area (Å²) in [5.74, 6) is -1.12. The van der Waals surface area contributed by atoms with Crippen molar-refractivity contribution in [2.75, 3.05) is 13.2 Å². The molecule has 0 radical (unpaired) electrons. The molecule has 1 aliphatic rings. The van der Waals surface area contributed by atoms with E-state index < -0.39 is 11.6 Å². The molecular formula is C16H23F2NO. The molecule has 1 aliphatic heterocycles. The van der Waals surface area contributed by atoms with E-state index in [1.165, 1.54) is 12.1 Å². The first-order valence-corrected chi connectivity index (χ1v) is 7.44. The monoisotopic (exact) mass is 283 g/mol. The highest BCUT2D eigenvalue weighted by Crippen LogP contribution is 2.28. The first-order chi connectivity index (χ1) is 9.65. The van der Waals surface area contributed by atoms with Gasteiger partial charge in [-0.25, -0.2) is 8.78 Å². The first kappa shape index (κ1) is 15.4. The summed E-state index contributed by atoms with van der Waals surface area (Å²) >= 11 is 0. The van der Waals surface area contributed by atoms with E-state index in [2.05, 4.69) is 19.2 Å². The van der Waals surface area contributed by atoms with E-state index in [0.29, 0.717) is 12.3 Å². The number of rotatable bonds is 6. The summed E-state index contributed by atoms with van der Waals surface area (Å²) < 4.78 is 32.1. The van der Waals surface area contributed by atoms with E-state index >= 15 is 0 Å². The van der Waals surface area contributed by atoms with Crippen molar-refractivity contribution in [3.8, 4) is 0 Å². The van der Waals surface area contributed by atoms with Crippen molar-refractivity contribution < 1.29 is 13.5 Å². The van der Waals surface area contributed by atoms with Crippen LogP contribution in [0.25, 0.3) is 0 Å². The summed E-state index contributed by atoms with van der Waals surface area (Å²) in [6.07, 6.45) is 2.99. The lowest BCUT2D eigenvalue weighted by atomic mass is 9.87. The summed E-state index contributed by atoms with van der Waals surface area (Å²) in [6, 6.07) is 4.42. The Balaban J connectivity index is 2.10. The fraction of sp³-hybridized carbons (Fsp3) is 0.625. The van der Waals surface area contributed by atoms with Crippen LogP contribution in [0.1, 0.15) is 32.3 Å². The number of likely N-dealkylation sites (N-methyl/N-ethyl adjacent to an activating group) is 1. The van der Waals surface area contributed by atoms with Crippen LogP contribution < -0.4 is 5.32 Å². The quantitative estimate of drug-likeness (QED) is 0.865. The van der Waals surface area contributed by atoms with Crippen molar-refractivity contribution >= 4 is 0 Å². The molecular weight excluding hydrogens is 260 g/mol. The van der Waals surface area contributed by atoms with Crippen molar-refractivity contribution in [1.29, 1.82) is 0 Å². The Labute approximate surface area is 119 Å². The van der Waals surface area contributed by atoms with E-state index in [1.807, 2.05) is 0 Å². The molecule has 3 atom stereocenters. The van der Waals surface area contributed by atoms with Crippen LogP contribution in [-0.4, -0.2) is 25.3 Å². The second-order valence-electron chi connectivity index (χ2n) is 5.39. The van der Waals surface area contributed by atoms with Gasteiger partial charge in [0.2, 0.25) is 0 Å². The molecule has 0 amide bonds. The van der Waals surface area contributed by atoms with Gasteiger partial charge < -0.3 is 10.1 Å². The van der Waals surface area contributed by atoms with Crippen LogP contribution in [-0.2, 0) is 11.2 Å². The van der Waals surface area contributed by atoms with E-state index in [4.69, 9.17) is 4.74 Å². The molecule has 2 nitrogen and oxygen atoms in total. The Kier molecular flexibility index (Phi) is 5.49. The maximum atomic E-state index is 13.3. The van der Waals surface area contributed by atoms with Gasteiger partial charge in [-0.1, -0.05) is 19.9 Å². The summed E-state index contributed by atoms with van der Waals surface area (Å²) in [4.78, 5) is 0. The summed E-state index contributed by atoms with van der Waals surface area (Å²) in [5, 5.41) is 3.48. The summed E-state index contributed by atoms with van der Waals surface area (Å²) in [5.41, 5.74) is 0.830. The highest BCUT2D eigenvalue weighted by molar-refractivity contribution is 5.19. The molecule has 3 unspecified atom stereocenters. The van der Waals surface area contributed by atoms with E-state index in [-0.39, 0.29) is 12.1 Å². The molecule has 1 fully saturated rings. The fourth-order valence-corrected chi connectivity index (χ4v) is 3.10. The van der Waals surface area contributed by atoms with Gasteiger partial charge in [-0.3, -0.25) is 0 Å². The first-order valence-electron chi connectivity index (χ1n) is 7.44. The smallest absolute Gasteiger partial charge is 0.159 e. The van der Waals surface area contributed by atoms with Crippen molar-refractivity contribution in [3.63, 3.8) is 0 Å². The number of halogens is 2. The Bertz CT molecular complexity index is 438. The van der Waals surface area contributed by atoms with Gasteiger partial charge >= 0.3 is 0 Å². The minimum atomic E-state index is -0.788. The predicted octanol–water partition coefficient (Wildman–Crippen LogP) is 3.30. The average molecular weight is 283 g/mol. The van der Waals surface area contributed by atoms with Crippen molar-refractivity contribution in [2.45, 2.75) is 45.3 Å². The van der Waals surface area contributed by atoms with Gasteiger partial charge in [0.1, 0.15) is 0 Å². The van der Waals surface area contributed by atoms with Crippen molar-refractivity contribution in [3.05, 3.63) is 35.4 Å². The highest BCUT2D eigenvalue weighted by atomic mass is 19.2. The van der Waals surface area contributed by atoms with Gasteiger partial charge in [-0.2, -0.15) is 0 Å². The minimum absolute atomic E-state index is 0.248. The Morgan fingerprint density at radius 2 is 2.10 bits per heavy atom. The molecule has 1 aromatic rings. The number of benzene rings is 1. The molecule has 0 aliphatic carbocycles. The lowest BCUT2D eigenvalue weighted by Gasteiger charge is -2.28. The molecule has 1 saturated heterocycles. The second-order valence-corrected chi connectivity index (χ2v) is 5.39. The standard InChI is InChI=1S/C16H23F2NO/c1-3-16-12(7-8-20-16)15(19-4-2)10-11-5-6-13(17)14(18)9-11/h5-6,9,12,15-16,19H,3-4,7-8,10H2,1-2H3. The molecule has 2 rings (SSSR count). The lowest BCUT2D eigenvalue weighted by molar-refractivity contribution is 0.0776. The molecule has 0 spiro atoms. The third-order valence-corrected chi connectivity index (χ3v) is 4.09. The molecule has 0 saturated carbocycles. The summed E-state index contributed by atoms with van der Waals surface area (Å²) in [7, 11) is 0. The van der Waals surface area contributed by atoms with E-state index in [9.17, 15) is 8.78 Å². The van der Waals surface area contributed by atoms with Gasteiger partial charge in [0.05, 0.1) is 6.10 Å². The Morgan fingerprint density at radius 3 is 2.75 bits per heavy atom. The zero-order valence-corrected chi connectivity index (χ0v) is 12.2. The molecule has 20 heavy (non-hydrogen) atoms. The van der Waals surface area contributed by atoms with Gasteiger partial charge in [-0.05, 0) is 43.5 Å². The van der Waals surface area contributed by atoms with Crippen LogP contribution in [0, 0.1) is 17.6 Å². The molecule has 112 valence electrons. The Hall–Kier alpha value is -1.00. The van der Waals surface area contributed by atoms with Gasteiger partial charge in [0, 0.05) is 18.6 Å². The Morgan fingerprint density at radius 1 is 1.30 bits per heavy atom. The molecule has 1 heterocycles. The molecule has 4 heteroatoms. The largest absolute Gasteiger partial charge is 0.378 e. The van der Waals surface area contributed by atoms with Crippen LogP contribution in [0.5, 0.6) is 0 Å². The van der Waals surface area contributed by atoms with Crippen LogP contribution >= 0.6 is 0 Å². The van der Waals surface area contributed by atoms with E-state index in [1.54, 1.807) is 6.07 Å². The number of ether oxygens (including phenoxy) is 1. The zero-order chi connectivity index (χ0) is 14.5. The molecule has 0 aromatic heterocycles. The normalized spacial score (nSPS) is 24.0. The summed E-state index contributed by atoms with van der Waals surface area (Å²) in [6.45, 7) is 5.85. The highest BCUT2D eigenvalue weighted by Gasteiger charge is 2.33. The van der Waals surface area contributed by atoms with Crippen LogP contribution in [0.3, 0.4) is 0 Å². The zero-order valence-electron chi connectivity index (χ0n) is 12.2. The predicted molar refractivity (Wildman–Crippen MR) is 75.7 cm³/mol. The van der Waals surface area contributed by atoms with Gasteiger partial charge in [-0.15, -0.1) is 0 Å². The SMILES string of the molecule is CCNC(Cc1ccc(F)c(F)c1)C1CCOC1CC. The van der Waals surface area contributed by atoms with Crippen molar-refractivity contribution in [2.24, 2.45) is 5.92 Å². The van der Waals surface area contributed by atoms with Crippen LogP contribution in [0.2, 0.25) is 0 Å². The van der Waals surface area contributed by atoms with Gasteiger partial charge in [0.15, 0.2) is 11.6 Å².